The molecule has 0 saturated heterocycles. The predicted octanol–water partition coefficient (Wildman–Crippen LogP) is 3.47. The van der Waals surface area contributed by atoms with Gasteiger partial charge >= 0.3 is 12.4 Å². The van der Waals surface area contributed by atoms with Crippen LogP contribution in [0.1, 0.15) is 12.5 Å². The molecule has 0 bridgehead atoms. The topological polar surface area (TPSA) is 38.9 Å². The molecule has 1 aromatic heterocycles. The van der Waals surface area contributed by atoms with Gasteiger partial charge in [0.05, 0.1) is 10.6 Å². The number of nitrogens with zero attached hydrogens (tertiary/aromatic N) is 1. The first-order valence-electron chi connectivity index (χ1n) is 5.04. The third kappa shape index (κ3) is 4.57. The quantitative estimate of drug-likeness (QED) is 0.686. The number of pyridine rings is 1. The summed E-state index contributed by atoms with van der Waals surface area (Å²) in [6.07, 6.45) is -8.62. The molecule has 0 aromatic carbocycles. The highest BCUT2D eigenvalue weighted by Crippen LogP contribution is 2.36. The summed E-state index contributed by atoms with van der Waals surface area (Å²) in [5.74, 6) is 0. The monoisotopic (exact) mass is 304 g/mol. The lowest BCUT2D eigenvalue weighted by Gasteiger charge is -2.22. The Balaban J connectivity index is 2.88. The highest BCUT2D eigenvalue weighted by atomic mass is 32.2. The van der Waals surface area contributed by atoms with Gasteiger partial charge in [-0.1, -0.05) is 11.8 Å². The van der Waals surface area contributed by atoms with Gasteiger partial charge in [-0.25, -0.2) is 4.98 Å². The maximum absolute atomic E-state index is 12.6. The fourth-order valence-electron chi connectivity index (χ4n) is 1.22. The number of thioether (sulfide) groups is 1. The summed E-state index contributed by atoms with van der Waals surface area (Å²) in [4.78, 5) is 3.37. The molecular formula is C10H10F6N2S. The summed E-state index contributed by atoms with van der Waals surface area (Å²) in [6.45, 7) is 1.18. The Hall–Kier alpha value is -0.960. The smallest absolute Gasteiger partial charge is 0.327 e. The summed E-state index contributed by atoms with van der Waals surface area (Å²) in [5, 5.41) is -2.08. The molecule has 0 radical (unpaired) electrons. The molecular weight excluding hydrogens is 294 g/mol. The summed E-state index contributed by atoms with van der Waals surface area (Å²) < 4.78 is 74.6. The Morgan fingerprint density at radius 3 is 2.05 bits per heavy atom. The molecule has 2 nitrogen and oxygen atoms in total. The Morgan fingerprint density at radius 1 is 1.16 bits per heavy atom. The minimum absolute atomic E-state index is 0.160. The normalized spacial score (nSPS) is 16.2. The second-order valence-corrected chi connectivity index (χ2v) is 4.98. The van der Waals surface area contributed by atoms with Crippen LogP contribution in [0.4, 0.5) is 26.3 Å². The molecule has 0 aliphatic carbocycles. The molecule has 2 unspecified atom stereocenters. The first-order chi connectivity index (χ1) is 8.51. The molecule has 0 fully saturated rings. The standard InChI is InChI=1S/C10H10F6N2S/c1-5(17)8(10(14,15)16)19-7-3-2-6(4-18-7)9(11,12)13/h2-5,8H,17H2,1H3. The number of alkyl halides is 6. The van der Waals surface area contributed by atoms with E-state index in [0.717, 1.165) is 6.07 Å². The van der Waals surface area contributed by atoms with Crippen LogP contribution in [0, 0.1) is 0 Å². The molecule has 2 atom stereocenters. The van der Waals surface area contributed by atoms with Crippen LogP contribution in [0.25, 0.3) is 0 Å². The molecule has 108 valence electrons. The molecule has 19 heavy (non-hydrogen) atoms. The maximum atomic E-state index is 12.6. The maximum Gasteiger partial charge on any atom is 0.417 e. The van der Waals surface area contributed by atoms with Gasteiger partial charge in [0.25, 0.3) is 0 Å². The van der Waals surface area contributed by atoms with Gasteiger partial charge < -0.3 is 5.73 Å². The lowest BCUT2D eigenvalue weighted by atomic mass is 10.2. The Bertz CT molecular complexity index is 412. The van der Waals surface area contributed by atoms with Gasteiger partial charge in [-0.05, 0) is 19.1 Å². The van der Waals surface area contributed by atoms with E-state index in [0.29, 0.717) is 24.0 Å². The van der Waals surface area contributed by atoms with E-state index in [2.05, 4.69) is 4.98 Å². The Labute approximate surface area is 109 Å². The average molecular weight is 304 g/mol. The lowest BCUT2D eigenvalue weighted by Crippen LogP contribution is -2.40. The van der Waals surface area contributed by atoms with E-state index >= 15 is 0 Å². The van der Waals surface area contributed by atoms with Crippen molar-refractivity contribution in [1.29, 1.82) is 0 Å². The first kappa shape index (κ1) is 16.1. The molecule has 1 rings (SSSR count). The minimum Gasteiger partial charge on any atom is -0.327 e. The van der Waals surface area contributed by atoms with Crippen molar-refractivity contribution in [2.24, 2.45) is 5.73 Å². The highest BCUT2D eigenvalue weighted by molar-refractivity contribution is 8.00. The molecule has 9 heteroatoms. The van der Waals surface area contributed by atoms with Crippen LogP contribution in [-0.4, -0.2) is 22.5 Å². The van der Waals surface area contributed by atoms with Crippen LogP contribution >= 0.6 is 11.8 Å². The molecule has 0 saturated carbocycles. The van der Waals surface area contributed by atoms with Gasteiger partial charge in [-0.2, -0.15) is 26.3 Å². The van der Waals surface area contributed by atoms with E-state index < -0.39 is 29.2 Å². The summed E-state index contributed by atoms with van der Waals surface area (Å²) >= 11 is 0.295. The van der Waals surface area contributed by atoms with E-state index in [4.69, 9.17) is 5.73 Å². The van der Waals surface area contributed by atoms with Gasteiger partial charge in [0.15, 0.2) is 0 Å². The summed E-state index contributed by atoms with van der Waals surface area (Å²) in [6, 6.07) is 0.382. The van der Waals surface area contributed by atoms with Gasteiger partial charge in [-0.15, -0.1) is 0 Å². The van der Waals surface area contributed by atoms with Crippen molar-refractivity contribution in [3.63, 3.8) is 0 Å². The highest BCUT2D eigenvalue weighted by Gasteiger charge is 2.43. The van der Waals surface area contributed by atoms with Crippen LogP contribution in [0.5, 0.6) is 0 Å². The van der Waals surface area contributed by atoms with Crippen molar-refractivity contribution in [3.8, 4) is 0 Å². The third-order valence-electron chi connectivity index (χ3n) is 2.11. The molecule has 0 amide bonds. The second kappa shape index (κ2) is 5.58. The second-order valence-electron chi connectivity index (χ2n) is 3.82. The van der Waals surface area contributed by atoms with Gasteiger partial charge in [0, 0.05) is 12.2 Å². The van der Waals surface area contributed by atoms with Crippen LogP contribution in [0.3, 0.4) is 0 Å². The zero-order valence-corrected chi connectivity index (χ0v) is 10.4. The van der Waals surface area contributed by atoms with E-state index in [-0.39, 0.29) is 5.03 Å². The minimum atomic E-state index is -4.57. The molecule has 0 aliphatic rings. The zero-order chi connectivity index (χ0) is 14.8. The van der Waals surface area contributed by atoms with E-state index in [1.165, 1.54) is 6.92 Å². The molecule has 1 heterocycles. The Kier molecular flexibility index (Phi) is 4.72. The number of hydrogen-bond donors (Lipinski definition) is 1. The van der Waals surface area contributed by atoms with Crippen molar-refractivity contribution in [1.82, 2.24) is 4.98 Å². The molecule has 0 spiro atoms. The molecule has 0 aliphatic heterocycles. The zero-order valence-electron chi connectivity index (χ0n) is 9.59. The SMILES string of the molecule is CC(N)C(Sc1ccc(C(F)(F)F)cn1)C(F)(F)F. The largest absolute Gasteiger partial charge is 0.417 e. The van der Waals surface area contributed by atoms with Crippen molar-refractivity contribution in [3.05, 3.63) is 23.9 Å². The van der Waals surface area contributed by atoms with Crippen LogP contribution < -0.4 is 5.73 Å². The van der Waals surface area contributed by atoms with E-state index in [1.54, 1.807) is 0 Å². The summed E-state index contributed by atoms with van der Waals surface area (Å²) in [7, 11) is 0. The lowest BCUT2D eigenvalue weighted by molar-refractivity contribution is -0.138. The van der Waals surface area contributed by atoms with Crippen molar-refractivity contribution in [2.45, 2.75) is 35.6 Å². The van der Waals surface area contributed by atoms with Crippen molar-refractivity contribution >= 4 is 11.8 Å². The predicted molar refractivity (Wildman–Crippen MR) is 58.6 cm³/mol. The fourth-order valence-corrected chi connectivity index (χ4v) is 2.09. The van der Waals surface area contributed by atoms with Crippen molar-refractivity contribution in [2.75, 3.05) is 0 Å². The van der Waals surface area contributed by atoms with E-state index in [1.807, 2.05) is 0 Å². The number of nitrogens with two attached hydrogens (primary N) is 1. The van der Waals surface area contributed by atoms with Gasteiger partial charge in [0.1, 0.15) is 5.25 Å². The first-order valence-corrected chi connectivity index (χ1v) is 5.92. The number of rotatable bonds is 3. The number of halogens is 6. The Morgan fingerprint density at radius 2 is 1.74 bits per heavy atom. The van der Waals surface area contributed by atoms with Gasteiger partial charge in [0.2, 0.25) is 0 Å². The van der Waals surface area contributed by atoms with Crippen molar-refractivity contribution < 1.29 is 26.3 Å². The third-order valence-corrected chi connectivity index (χ3v) is 3.55. The molecule has 1 aromatic rings. The van der Waals surface area contributed by atoms with E-state index in [9.17, 15) is 26.3 Å². The number of hydrogen-bond acceptors (Lipinski definition) is 3. The molecule has 2 N–H and O–H groups in total. The average Bonchev–Trinajstić information content (AvgIpc) is 2.23. The van der Waals surface area contributed by atoms with Gasteiger partial charge in [-0.3, -0.25) is 0 Å². The fraction of sp³-hybridized carbons (Fsp3) is 0.500. The van der Waals surface area contributed by atoms with Crippen LogP contribution in [-0.2, 0) is 6.18 Å². The van der Waals surface area contributed by atoms with Crippen LogP contribution in [0.15, 0.2) is 23.4 Å². The van der Waals surface area contributed by atoms with Crippen LogP contribution in [0.2, 0.25) is 0 Å². The number of aromatic nitrogens is 1. The summed E-state index contributed by atoms with van der Waals surface area (Å²) in [5.41, 5.74) is 4.21.